The maximum Gasteiger partial charge on any atom is 0.416 e. The van der Waals surface area contributed by atoms with E-state index in [4.69, 9.17) is 5.73 Å². The Morgan fingerprint density at radius 2 is 1.62 bits per heavy atom. The zero-order valence-electron chi connectivity index (χ0n) is 13.1. The first-order chi connectivity index (χ1) is 12.1. The van der Waals surface area contributed by atoms with Gasteiger partial charge < -0.3 is 11.1 Å². The first-order valence-electron chi connectivity index (χ1n) is 7.29. The molecule has 0 spiro atoms. The molecule has 0 aliphatic heterocycles. The molecule has 0 aromatic heterocycles. The summed E-state index contributed by atoms with van der Waals surface area (Å²) in [7, 11) is 0. The molecule has 3 N–H and O–H groups in total. The first-order valence-corrected chi connectivity index (χ1v) is 7.29. The molecule has 0 unspecified atom stereocenters. The molecule has 0 aliphatic rings. The Morgan fingerprint density at radius 1 is 1.04 bits per heavy atom. The van der Waals surface area contributed by atoms with Crippen molar-refractivity contribution in [2.24, 2.45) is 5.73 Å². The van der Waals surface area contributed by atoms with E-state index in [2.05, 4.69) is 5.32 Å². The van der Waals surface area contributed by atoms with E-state index in [0.717, 1.165) is 24.3 Å². The van der Waals surface area contributed by atoms with Gasteiger partial charge in [0, 0.05) is 18.1 Å². The predicted octanol–water partition coefficient (Wildman–Crippen LogP) is 2.81. The lowest BCUT2D eigenvalue weighted by Crippen LogP contribution is -2.46. The number of alkyl halides is 3. The zero-order valence-corrected chi connectivity index (χ0v) is 13.1. The molecule has 26 heavy (non-hydrogen) atoms. The summed E-state index contributed by atoms with van der Waals surface area (Å²) in [6.07, 6.45) is -5.19. The van der Waals surface area contributed by atoms with Crippen LogP contribution in [0.4, 0.5) is 22.0 Å². The Balaban J connectivity index is 2.26. The Morgan fingerprint density at radius 3 is 2.15 bits per heavy atom. The molecule has 2 rings (SSSR count). The number of nitrogens with one attached hydrogen (secondary N) is 1. The molecule has 0 saturated heterocycles. The molecule has 2 amide bonds. The van der Waals surface area contributed by atoms with Crippen molar-refractivity contribution >= 4 is 11.8 Å². The number of nitrogens with two attached hydrogens (primary N) is 1. The fraction of sp³-hybridized carbons (Fsp3) is 0.176. The van der Waals surface area contributed by atoms with E-state index >= 15 is 0 Å². The number of primary amides is 1. The maximum atomic E-state index is 13.2. The molecule has 2 aromatic carbocycles. The van der Waals surface area contributed by atoms with Gasteiger partial charge >= 0.3 is 6.18 Å². The van der Waals surface area contributed by atoms with Crippen LogP contribution in [0.5, 0.6) is 0 Å². The molecular weight excluding hydrogens is 359 g/mol. The summed E-state index contributed by atoms with van der Waals surface area (Å²) in [4.78, 5) is 23.6. The molecule has 0 fully saturated rings. The standard InChI is InChI=1S/C17H13F5N2O2/c18-11-5-10(6-12(19)8-11)16(26)24-14(15(23)25)7-9-3-1-2-4-13(9)17(20,21)22/h1-6,8,14H,7H2,(H2,23,25)(H,24,26)/t14-/m1/s1. The number of carbonyl (C=O) groups is 2. The molecule has 0 aliphatic carbocycles. The number of rotatable bonds is 5. The molecule has 0 saturated carbocycles. The van der Waals surface area contributed by atoms with Crippen LogP contribution in [-0.4, -0.2) is 17.9 Å². The molecule has 2 aromatic rings. The summed E-state index contributed by atoms with van der Waals surface area (Å²) >= 11 is 0. The number of hydrogen-bond acceptors (Lipinski definition) is 2. The summed E-state index contributed by atoms with van der Waals surface area (Å²) in [6.45, 7) is 0. The third kappa shape index (κ3) is 4.78. The lowest BCUT2D eigenvalue weighted by molar-refractivity contribution is -0.138. The van der Waals surface area contributed by atoms with Crippen molar-refractivity contribution in [1.29, 1.82) is 0 Å². The lowest BCUT2D eigenvalue weighted by atomic mass is 9.99. The summed E-state index contributed by atoms with van der Waals surface area (Å²) < 4.78 is 65.4. The lowest BCUT2D eigenvalue weighted by Gasteiger charge is -2.18. The number of amides is 2. The minimum atomic E-state index is -4.66. The second kappa shape index (κ2) is 7.51. The van der Waals surface area contributed by atoms with Crippen molar-refractivity contribution in [2.45, 2.75) is 18.6 Å². The molecule has 0 heterocycles. The minimum Gasteiger partial charge on any atom is -0.368 e. The van der Waals surface area contributed by atoms with Crippen LogP contribution in [-0.2, 0) is 17.4 Å². The van der Waals surface area contributed by atoms with Gasteiger partial charge in [-0.3, -0.25) is 9.59 Å². The van der Waals surface area contributed by atoms with E-state index in [1.54, 1.807) is 0 Å². The average Bonchev–Trinajstić information content (AvgIpc) is 2.52. The monoisotopic (exact) mass is 372 g/mol. The van der Waals surface area contributed by atoms with Crippen LogP contribution in [0, 0.1) is 11.6 Å². The van der Waals surface area contributed by atoms with Crippen LogP contribution in [0.15, 0.2) is 42.5 Å². The topological polar surface area (TPSA) is 72.2 Å². The van der Waals surface area contributed by atoms with E-state index in [-0.39, 0.29) is 5.56 Å². The minimum absolute atomic E-state index is 0.255. The van der Waals surface area contributed by atoms with Crippen LogP contribution in [0.3, 0.4) is 0 Å². The fourth-order valence-corrected chi connectivity index (χ4v) is 2.34. The fourth-order valence-electron chi connectivity index (χ4n) is 2.34. The summed E-state index contributed by atoms with van der Waals surface area (Å²) in [6, 6.07) is 4.98. The van der Waals surface area contributed by atoms with Crippen molar-refractivity contribution in [3.05, 3.63) is 70.8 Å². The molecule has 138 valence electrons. The largest absolute Gasteiger partial charge is 0.416 e. The van der Waals surface area contributed by atoms with Crippen LogP contribution in [0.2, 0.25) is 0 Å². The van der Waals surface area contributed by atoms with Crippen LogP contribution in [0.1, 0.15) is 21.5 Å². The van der Waals surface area contributed by atoms with Crippen molar-refractivity contribution in [3.8, 4) is 0 Å². The van der Waals surface area contributed by atoms with Gasteiger partial charge in [0.15, 0.2) is 0 Å². The van der Waals surface area contributed by atoms with Gasteiger partial charge in [0.05, 0.1) is 5.56 Å². The van der Waals surface area contributed by atoms with Gasteiger partial charge in [-0.05, 0) is 23.8 Å². The summed E-state index contributed by atoms with van der Waals surface area (Å²) in [5.74, 6) is -4.18. The van der Waals surface area contributed by atoms with E-state index in [0.29, 0.717) is 6.07 Å². The first kappa shape index (κ1) is 19.4. The molecule has 0 bridgehead atoms. The smallest absolute Gasteiger partial charge is 0.368 e. The highest BCUT2D eigenvalue weighted by atomic mass is 19.4. The van der Waals surface area contributed by atoms with Crippen LogP contribution >= 0.6 is 0 Å². The van der Waals surface area contributed by atoms with Gasteiger partial charge in [0.1, 0.15) is 17.7 Å². The SMILES string of the molecule is NC(=O)[C@@H](Cc1ccccc1C(F)(F)F)NC(=O)c1cc(F)cc(F)c1. The van der Waals surface area contributed by atoms with Gasteiger partial charge in [-0.2, -0.15) is 13.2 Å². The molecule has 4 nitrogen and oxygen atoms in total. The van der Waals surface area contributed by atoms with Crippen molar-refractivity contribution in [3.63, 3.8) is 0 Å². The van der Waals surface area contributed by atoms with Crippen molar-refractivity contribution in [1.82, 2.24) is 5.32 Å². The number of carbonyl (C=O) groups excluding carboxylic acids is 2. The highest BCUT2D eigenvalue weighted by Gasteiger charge is 2.34. The third-order valence-corrected chi connectivity index (χ3v) is 3.52. The summed E-state index contributed by atoms with van der Waals surface area (Å²) in [5.41, 5.74) is 3.48. The number of halogens is 5. The quantitative estimate of drug-likeness (QED) is 0.793. The molecular formula is C17H13F5N2O2. The van der Waals surface area contributed by atoms with Gasteiger partial charge in [-0.15, -0.1) is 0 Å². The predicted molar refractivity (Wildman–Crippen MR) is 82.0 cm³/mol. The second-order valence-corrected chi connectivity index (χ2v) is 5.45. The molecule has 1 atom stereocenters. The highest BCUT2D eigenvalue weighted by molar-refractivity contribution is 5.97. The van der Waals surface area contributed by atoms with E-state index in [1.165, 1.54) is 12.1 Å². The van der Waals surface area contributed by atoms with Crippen LogP contribution in [0.25, 0.3) is 0 Å². The summed E-state index contributed by atoms with van der Waals surface area (Å²) in [5, 5.41) is 2.10. The Bertz CT molecular complexity index is 816. The third-order valence-electron chi connectivity index (χ3n) is 3.52. The Hall–Kier alpha value is -2.97. The average molecular weight is 372 g/mol. The van der Waals surface area contributed by atoms with Gasteiger partial charge in [-0.25, -0.2) is 8.78 Å². The van der Waals surface area contributed by atoms with E-state index < -0.39 is 53.2 Å². The molecule has 9 heteroatoms. The number of hydrogen-bond donors (Lipinski definition) is 2. The Kier molecular flexibility index (Phi) is 5.59. The zero-order chi connectivity index (χ0) is 19.5. The van der Waals surface area contributed by atoms with E-state index in [9.17, 15) is 31.5 Å². The van der Waals surface area contributed by atoms with Crippen molar-refractivity contribution in [2.75, 3.05) is 0 Å². The molecule has 0 radical (unpaired) electrons. The van der Waals surface area contributed by atoms with E-state index in [1.807, 2.05) is 0 Å². The van der Waals surface area contributed by atoms with Gasteiger partial charge in [0.2, 0.25) is 5.91 Å². The Labute approximate surface area is 144 Å². The normalized spacial score (nSPS) is 12.5. The maximum absolute atomic E-state index is 13.2. The second-order valence-electron chi connectivity index (χ2n) is 5.45. The van der Waals surface area contributed by atoms with Gasteiger partial charge in [0.25, 0.3) is 5.91 Å². The van der Waals surface area contributed by atoms with Crippen molar-refractivity contribution < 1.29 is 31.5 Å². The van der Waals surface area contributed by atoms with Crippen LogP contribution < -0.4 is 11.1 Å². The number of benzene rings is 2. The van der Waals surface area contributed by atoms with Gasteiger partial charge in [-0.1, -0.05) is 18.2 Å². The highest BCUT2D eigenvalue weighted by Crippen LogP contribution is 2.32.